The molecular formula is C18H22Cl2N2OS. The number of aliphatic hydroxyl groups excluding tert-OH is 1. The average molecular weight is 385 g/mol. The van der Waals surface area contributed by atoms with E-state index in [0.29, 0.717) is 27.8 Å². The molecule has 0 aromatic heterocycles. The molecule has 0 aliphatic carbocycles. The average Bonchev–Trinajstić information content (AvgIpc) is 2.59. The van der Waals surface area contributed by atoms with Crippen molar-refractivity contribution >= 4 is 40.7 Å². The summed E-state index contributed by atoms with van der Waals surface area (Å²) in [6.45, 7) is 1.28. The minimum absolute atomic E-state index is 0.342. The van der Waals surface area contributed by atoms with Gasteiger partial charge in [-0.1, -0.05) is 35.3 Å². The summed E-state index contributed by atoms with van der Waals surface area (Å²) in [7, 11) is 0. The molecule has 1 atom stereocenters. The molecule has 24 heavy (non-hydrogen) atoms. The zero-order chi connectivity index (χ0) is 17.5. The number of aliphatic hydroxyl groups is 1. The van der Waals surface area contributed by atoms with Crippen molar-refractivity contribution in [1.29, 1.82) is 0 Å². The molecule has 0 radical (unpaired) electrons. The molecule has 3 nitrogen and oxygen atoms in total. The molecule has 0 saturated heterocycles. The Hall–Kier alpha value is -0.910. The fourth-order valence-corrected chi connectivity index (χ4v) is 3.27. The van der Waals surface area contributed by atoms with Gasteiger partial charge in [0.25, 0.3) is 0 Å². The molecule has 2 aromatic carbocycles. The standard InChI is InChI=1S/C18H22Cl2N2OS/c1-24-14-6-4-12(5-7-14)3-2-8-22-11-17(23)13-9-15(19)18(21)16(20)10-13/h4-7,9-10,17,22-23H,2-3,8,11,21H2,1H3. The molecule has 4 N–H and O–H groups in total. The molecule has 1 unspecified atom stereocenters. The summed E-state index contributed by atoms with van der Waals surface area (Å²) in [4.78, 5) is 1.28. The van der Waals surface area contributed by atoms with Crippen molar-refractivity contribution in [3.8, 4) is 0 Å². The zero-order valence-electron chi connectivity index (χ0n) is 13.6. The van der Waals surface area contributed by atoms with E-state index in [9.17, 15) is 5.11 Å². The van der Waals surface area contributed by atoms with Gasteiger partial charge < -0.3 is 16.2 Å². The van der Waals surface area contributed by atoms with Crippen LogP contribution >= 0.6 is 35.0 Å². The number of nitrogens with two attached hydrogens (primary N) is 1. The van der Waals surface area contributed by atoms with Gasteiger partial charge in [0.05, 0.1) is 21.8 Å². The third kappa shape index (κ3) is 5.57. The smallest absolute Gasteiger partial charge is 0.0915 e. The molecular weight excluding hydrogens is 363 g/mol. The number of benzene rings is 2. The zero-order valence-corrected chi connectivity index (χ0v) is 15.9. The molecule has 0 bridgehead atoms. The summed E-state index contributed by atoms with van der Waals surface area (Å²) < 4.78 is 0. The van der Waals surface area contributed by atoms with Crippen LogP contribution in [-0.2, 0) is 6.42 Å². The number of nitrogens with one attached hydrogen (secondary N) is 1. The van der Waals surface area contributed by atoms with Gasteiger partial charge in [0.15, 0.2) is 0 Å². The fraction of sp³-hybridized carbons (Fsp3) is 0.333. The van der Waals surface area contributed by atoms with Crippen LogP contribution in [0.4, 0.5) is 5.69 Å². The van der Waals surface area contributed by atoms with Crippen molar-refractivity contribution in [2.75, 3.05) is 25.1 Å². The maximum absolute atomic E-state index is 10.2. The second-order valence-electron chi connectivity index (χ2n) is 5.57. The maximum atomic E-state index is 10.2. The Bertz CT molecular complexity index is 642. The largest absolute Gasteiger partial charge is 0.396 e. The highest BCUT2D eigenvalue weighted by molar-refractivity contribution is 7.98. The number of anilines is 1. The van der Waals surface area contributed by atoms with Crippen LogP contribution < -0.4 is 11.1 Å². The minimum atomic E-state index is -0.665. The molecule has 6 heteroatoms. The second-order valence-corrected chi connectivity index (χ2v) is 7.26. The topological polar surface area (TPSA) is 58.3 Å². The lowest BCUT2D eigenvalue weighted by Crippen LogP contribution is -2.23. The van der Waals surface area contributed by atoms with Gasteiger partial charge >= 0.3 is 0 Å². The first-order valence-corrected chi connectivity index (χ1v) is 9.75. The Morgan fingerprint density at radius 2 is 1.79 bits per heavy atom. The summed E-state index contributed by atoms with van der Waals surface area (Å²) in [6, 6.07) is 11.9. The summed E-state index contributed by atoms with van der Waals surface area (Å²) in [5, 5.41) is 14.2. The predicted octanol–water partition coefficient (Wildman–Crippen LogP) is 4.55. The molecule has 0 spiro atoms. The summed E-state index contributed by atoms with van der Waals surface area (Å²) in [6.07, 6.45) is 3.43. The second kappa shape index (κ2) is 9.54. The highest BCUT2D eigenvalue weighted by Crippen LogP contribution is 2.31. The van der Waals surface area contributed by atoms with Gasteiger partial charge in [0.2, 0.25) is 0 Å². The monoisotopic (exact) mass is 384 g/mol. The summed E-state index contributed by atoms with van der Waals surface area (Å²) >= 11 is 13.7. The number of thioether (sulfide) groups is 1. The lowest BCUT2D eigenvalue weighted by Gasteiger charge is -2.14. The molecule has 0 saturated carbocycles. The number of halogens is 2. The molecule has 2 aromatic rings. The predicted molar refractivity (Wildman–Crippen MR) is 105 cm³/mol. The fourth-order valence-electron chi connectivity index (χ4n) is 2.36. The van der Waals surface area contributed by atoms with Gasteiger partial charge in [-0.25, -0.2) is 0 Å². The van der Waals surface area contributed by atoms with Crippen molar-refractivity contribution in [2.24, 2.45) is 0 Å². The van der Waals surface area contributed by atoms with Gasteiger partial charge in [-0.3, -0.25) is 0 Å². The van der Waals surface area contributed by atoms with Crippen LogP contribution in [0.3, 0.4) is 0 Å². The lowest BCUT2D eigenvalue weighted by molar-refractivity contribution is 0.175. The van der Waals surface area contributed by atoms with E-state index in [0.717, 1.165) is 19.4 Å². The van der Waals surface area contributed by atoms with Crippen LogP contribution in [0.5, 0.6) is 0 Å². The lowest BCUT2D eigenvalue weighted by atomic mass is 10.1. The number of hydrogen-bond donors (Lipinski definition) is 3. The highest BCUT2D eigenvalue weighted by atomic mass is 35.5. The Morgan fingerprint density at radius 1 is 1.17 bits per heavy atom. The Kier molecular flexibility index (Phi) is 7.72. The van der Waals surface area contributed by atoms with Crippen LogP contribution in [0, 0.1) is 0 Å². The molecule has 0 aliphatic rings. The molecule has 0 fully saturated rings. The third-order valence-electron chi connectivity index (χ3n) is 3.80. The van der Waals surface area contributed by atoms with E-state index in [1.54, 1.807) is 23.9 Å². The Morgan fingerprint density at radius 3 is 2.38 bits per heavy atom. The van der Waals surface area contributed by atoms with Crippen LogP contribution in [-0.4, -0.2) is 24.5 Å². The number of nitrogen functional groups attached to an aromatic ring is 1. The first-order chi connectivity index (χ1) is 11.5. The highest BCUT2D eigenvalue weighted by Gasteiger charge is 2.11. The first-order valence-electron chi connectivity index (χ1n) is 7.77. The van der Waals surface area contributed by atoms with E-state index >= 15 is 0 Å². The number of hydrogen-bond acceptors (Lipinski definition) is 4. The summed E-state index contributed by atoms with van der Waals surface area (Å²) in [5.41, 5.74) is 8.04. The van der Waals surface area contributed by atoms with E-state index in [1.165, 1.54) is 10.5 Å². The van der Waals surface area contributed by atoms with Crippen molar-refractivity contribution < 1.29 is 5.11 Å². The van der Waals surface area contributed by atoms with E-state index in [1.807, 2.05) is 0 Å². The van der Waals surface area contributed by atoms with E-state index in [2.05, 4.69) is 35.8 Å². The van der Waals surface area contributed by atoms with Crippen molar-refractivity contribution in [1.82, 2.24) is 5.32 Å². The molecule has 0 heterocycles. The van der Waals surface area contributed by atoms with Crippen molar-refractivity contribution in [2.45, 2.75) is 23.8 Å². The van der Waals surface area contributed by atoms with Gasteiger partial charge in [-0.2, -0.15) is 0 Å². The van der Waals surface area contributed by atoms with Crippen LogP contribution in [0.15, 0.2) is 41.3 Å². The van der Waals surface area contributed by atoms with Crippen molar-refractivity contribution in [3.05, 3.63) is 57.6 Å². The third-order valence-corrected chi connectivity index (χ3v) is 5.17. The van der Waals surface area contributed by atoms with Gasteiger partial charge in [-0.15, -0.1) is 11.8 Å². The van der Waals surface area contributed by atoms with Gasteiger partial charge in [-0.05, 0) is 61.0 Å². The minimum Gasteiger partial charge on any atom is -0.396 e. The van der Waals surface area contributed by atoms with Crippen LogP contribution in [0.1, 0.15) is 23.7 Å². The summed E-state index contributed by atoms with van der Waals surface area (Å²) in [5.74, 6) is 0. The van der Waals surface area contributed by atoms with E-state index in [-0.39, 0.29) is 0 Å². The van der Waals surface area contributed by atoms with E-state index in [4.69, 9.17) is 28.9 Å². The van der Waals surface area contributed by atoms with Gasteiger partial charge in [0.1, 0.15) is 0 Å². The molecule has 130 valence electrons. The van der Waals surface area contributed by atoms with Gasteiger partial charge in [0, 0.05) is 11.4 Å². The molecule has 0 aliphatic heterocycles. The number of rotatable bonds is 8. The first kappa shape index (κ1) is 19.4. The van der Waals surface area contributed by atoms with Crippen molar-refractivity contribution in [3.63, 3.8) is 0 Å². The van der Waals surface area contributed by atoms with Crippen LogP contribution in [0.25, 0.3) is 0 Å². The molecule has 2 rings (SSSR count). The SMILES string of the molecule is CSc1ccc(CCCNCC(O)c2cc(Cl)c(N)c(Cl)c2)cc1. The Balaban J connectivity index is 1.73. The number of aryl methyl sites for hydroxylation is 1. The molecule has 0 amide bonds. The van der Waals surface area contributed by atoms with E-state index < -0.39 is 6.10 Å². The van der Waals surface area contributed by atoms with Crippen LogP contribution in [0.2, 0.25) is 10.0 Å². The normalized spacial score (nSPS) is 12.3. The maximum Gasteiger partial charge on any atom is 0.0915 e. The quantitative estimate of drug-likeness (QED) is 0.354. The Labute approximate surface area is 157 Å².